The standard InChI is InChI=1S/C16H25N3O3S/c1-3-4-8-17-16(20)14-6-5-7-15(13-14)23(21,22)19-11-9-18(2)10-12-19/h5-7,13H,3-4,8-12H2,1-2H3,(H,17,20). The fourth-order valence-electron chi connectivity index (χ4n) is 2.46. The minimum atomic E-state index is -3.54. The van der Waals surface area contributed by atoms with Crippen molar-refractivity contribution in [2.75, 3.05) is 39.8 Å². The van der Waals surface area contributed by atoms with E-state index in [1.807, 2.05) is 7.05 Å². The minimum Gasteiger partial charge on any atom is -0.352 e. The van der Waals surface area contributed by atoms with Gasteiger partial charge in [0.05, 0.1) is 4.90 Å². The van der Waals surface area contributed by atoms with Crippen LogP contribution >= 0.6 is 0 Å². The molecule has 0 saturated carbocycles. The van der Waals surface area contributed by atoms with Crippen LogP contribution in [0.25, 0.3) is 0 Å². The van der Waals surface area contributed by atoms with Crippen LogP contribution in [-0.4, -0.2) is 63.3 Å². The highest BCUT2D eigenvalue weighted by atomic mass is 32.2. The van der Waals surface area contributed by atoms with Crippen molar-refractivity contribution in [3.05, 3.63) is 29.8 Å². The van der Waals surface area contributed by atoms with Crippen molar-refractivity contribution >= 4 is 15.9 Å². The van der Waals surface area contributed by atoms with Gasteiger partial charge in [-0.15, -0.1) is 0 Å². The maximum absolute atomic E-state index is 12.7. The number of benzene rings is 1. The van der Waals surface area contributed by atoms with E-state index in [0.29, 0.717) is 25.2 Å². The SMILES string of the molecule is CCCCNC(=O)c1cccc(S(=O)(=O)N2CCN(C)CC2)c1. The van der Waals surface area contributed by atoms with Crippen LogP contribution in [-0.2, 0) is 10.0 Å². The fourth-order valence-corrected chi connectivity index (χ4v) is 3.92. The first-order valence-corrected chi connectivity index (χ1v) is 9.46. The lowest BCUT2D eigenvalue weighted by molar-refractivity contribution is 0.0953. The molecule has 1 aliphatic heterocycles. The van der Waals surface area contributed by atoms with E-state index in [2.05, 4.69) is 17.1 Å². The summed E-state index contributed by atoms with van der Waals surface area (Å²) in [6.45, 7) is 5.05. The van der Waals surface area contributed by atoms with E-state index in [1.54, 1.807) is 18.2 Å². The summed E-state index contributed by atoms with van der Waals surface area (Å²) in [5.41, 5.74) is 0.385. The van der Waals surface area contributed by atoms with Gasteiger partial charge < -0.3 is 10.2 Å². The van der Waals surface area contributed by atoms with E-state index in [9.17, 15) is 13.2 Å². The van der Waals surface area contributed by atoms with E-state index in [4.69, 9.17) is 0 Å². The van der Waals surface area contributed by atoms with Crippen LogP contribution in [0.15, 0.2) is 29.2 Å². The third kappa shape index (κ3) is 4.53. The summed E-state index contributed by atoms with van der Waals surface area (Å²) < 4.78 is 26.9. The highest BCUT2D eigenvalue weighted by Gasteiger charge is 2.27. The second kappa shape index (κ2) is 7.90. The Kier molecular flexibility index (Phi) is 6.15. The van der Waals surface area contributed by atoms with Crippen molar-refractivity contribution in [3.63, 3.8) is 0 Å². The van der Waals surface area contributed by atoms with Gasteiger partial charge in [-0.05, 0) is 31.7 Å². The molecule has 0 bridgehead atoms. The molecule has 1 aromatic carbocycles. The van der Waals surface area contributed by atoms with Crippen LogP contribution in [0.5, 0.6) is 0 Å². The Labute approximate surface area is 138 Å². The summed E-state index contributed by atoms with van der Waals surface area (Å²) in [4.78, 5) is 14.4. The third-order valence-corrected chi connectivity index (χ3v) is 5.91. The molecule has 0 aromatic heterocycles. The molecule has 1 fully saturated rings. The van der Waals surface area contributed by atoms with Crippen molar-refractivity contribution in [2.45, 2.75) is 24.7 Å². The summed E-state index contributed by atoms with van der Waals surface area (Å²) in [6, 6.07) is 6.29. The van der Waals surface area contributed by atoms with Gasteiger partial charge in [-0.2, -0.15) is 4.31 Å². The largest absolute Gasteiger partial charge is 0.352 e. The smallest absolute Gasteiger partial charge is 0.251 e. The summed E-state index contributed by atoms with van der Waals surface area (Å²) in [5, 5.41) is 2.81. The van der Waals surface area contributed by atoms with E-state index in [-0.39, 0.29) is 10.8 Å². The Morgan fingerprint density at radius 2 is 1.91 bits per heavy atom. The summed E-state index contributed by atoms with van der Waals surface area (Å²) in [7, 11) is -1.56. The first kappa shape index (κ1) is 17.9. The van der Waals surface area contributed by atoms with Gasteiger partial charge in [0, 0.05) is 38.3 Å². The molecule has 1 amide bonds. The van der Waals surface area contributed by atoms with Gasteiger partial charge in [-0.3, -0.25) is 4.79 Å². The highest BCUT2D eigenvalue weighted by molar-refractivity contribution is 7.89. The van der Waals surface area contributed by atoms with Gasteiger partial charge in [-0.25, -0.2) is 8.42 Å². The number of hydrogen-bond donors (Lipinski definition) is 1. The molecule has 0 aliphatic carbocycles. The zero-order valence-corrected chi connectivity index (χ0v) is 14.6. The molecule has 0 radical (unpaired) electrons. The molecule has 0 atom stereocenters. The molecule has 1 saturated heterocycles. The van der Waals surface area contributed by atoms with E-state index in [1.165, 1.54) is 10.4 Å². The zero-order chi connectivity index (χ0) is 16.9. The molecule has 1 aliphatic rings. The molecular formula is C16H25N3O3S. The van der Waals surface area contributed by atoms with Crippen LogP contribution in [0.4, 0.5) is 0 Å². The molecule has 1 heterocycles. The number of sulfonamides is 1. The van der Waals surface area contributed by atoms with Crippen LogP contribution in [0.1, 0.15) is 30.1 Å². The maximum atomic E-state index is 12.7. The molecule has 23 heavy (non-hydrogen) atoms. The number of piperazine rings is 1. The molecular weight excluding hydrogens is 314 g/mol. The van der Waals surface area contributed by atoms with Gasteiger partial charge in [0.1, 0.15) is 0 Å². The molecule has 6 nitrogen and oxygen atoms in total. The number of rotatable bonds is 6. The zero-order valence-electron chi connectivity index (χ0n) is 13.8. The maximum Gasteiger partial charge on any atom is 0.251 e. The Morgan fingerprint density at radius 3 is 2.57 bits per heavy atom. The van der Waals surface area contributed by atoms with Crippen LogP contribution in [0.3, 0.4) is 0 Å². The predicted octanol–water partition coefficient (Wildman–Crippen LogP) is 1.15. The number of nitrogens with zero attached hydrogens (tertiary/aromatic N) is 2. The Bertz CT molecular complexity index is 638. The van der Waals surface area contributed by atoms with Crippen LogP contribution in [0, 0.1) is 0 Å². The first-order valence-electron chi connectivity index (χ1n) is 8.02. The van der Waals surface area contributed by atoms with E-state index < -0.39 is 10.0 Å². The normalized spacial score (nSPS) is 17.1. The van der Waals surface area contributed by atoms with Crippen molar-refractivity contribution < 1.29 is 13.2 Å². The third-order valence-electron chi connectivity index (χ3n) is 4.01. The molecule has 2 rings (SSSR count). The molecule has 1 N–H and O–H groups in total. The van der Waals surface area contributed by atoms with Gasteiger partial charge in [0.2, 0.25) is 10.0 Å². The second-order valence-corrected chi connectivity index (χ2v) is 7.78. The number of likely N-dealkylation sites (N-methyl/N-ethyl adjacent to an activating group) is 1. The van der Waals surface area contributed by atoms with Crippen molar-refractivity contribution in [1.29, 1.82) is 0 Å². The van der Waals surface area contributed by atoms with Crippen molar-refractivity contribution in [2.24, 2.45) is 0 Å². The summed E-state index contributed by atoms with van der Waals surface area (Å²) in [5.74, 6) is -0.228. The molecule has 7 heteroatoms. The van der Waals surface area contributed by atoms with Crippen LogP contribution < -0.4 is 5.32 Å². The molecule has 0 spiro atoms. The number of unbranched alkanes of at least 4 members (excludes halogenated alkanes) is 1. The number of carbonyl (C=O) groups is 1. The first-order chi connectivity index (χ1) is 10.9. The quantitative estimate of drug-likeness (QED) is 0.790. The fraction of sp³-hybridized carbons (Fsp3) is 0.562. The van der Waals surface area contributed by atoms with Gasteiger partial charge in [0.15, 0.2) is 0 Å². The van der Waals surface area contributed by atoms with Gasteiger partial charge in [-0.1, -0.05) is 19.4 Å². The lowest BCUT2D eigenvalue weighted by Gasteiger charge is -2.31. The highest BCUT2D eigenvalue weighted by Crippen LogP contribution is 2.18. The van der Waals surface area contributed by atoms with Gasteiger partial charge in [0.25, 0.3) is 5.91 Å². The van der Waals surface area contributed by atoms with Crippen LogP contribution in [0.2, 0.25) is 0 Å². The Balaban J connectivity index is 2.13. The molecule has 0 unspecified atom stereocenters. The van der Waals surface area contributed by atoms with E-state index >= 15 is 0 Å². The number of hydrogen-bond acceptors (Lipinski definition) is 4. The topological polar surface area (TPSA) is 69.7 Å². The number of nitrogens with one attached hydrogen (secondary N) is 1. The van der Waals surface area contributed by atoms with Gasteiger partial charge >= 0.3 is 0 Å². The Hall–Kier alpha value is -1.44. The van der Waals surface area contributed by atoms with Crippen molar-refractivity contribution in [1.82, 2.24) is 14.5 Å². The lowest BCUT2D eigenvalue weighted by atomic mass is 10.2. The second-order valence-electron chi connectivity index (χ2n) is 5.84. The summed E-state index contributed by atoms with van der Waals surface area (Å²) >= 11 is 0. The lowest BCUT2D eigenvalue weighted by Crippen LogP contribution is -2.47. The van der Waals surface area contributed by atoms with Crippen molar-refractivity contribution in [3.8, 4) is 0 Å². The minimum absolute atomic E-state index is 0.185. The average molecular weight is 339 g/mol. The summed E-state index contributed by atoms with van der Waals surface area (Å²) in [6.07, 6.45) is 1.91. The number of amides is 1. The Morgan fingerprint density at radius 1 is 1.22 bits per heavy atom. The average Bonchev–Trinajstić information content (AvgIpc) is 2.55. The monoisotopic (exact) mass is 339 g/mol. The number of carbonyl (C=O) groups excluding carboxylic acids is 1. The van der Waals surface area contributed by atoms with E-state index in [0.717, 1.165) is 25.9 Å². The molecule has 128 valence electrons. The predicted molar refractivity (Wildman–Crippen MR) is 89.9 cm³/mol. The molecule has 1 aromatic rings.